The van der Waals surface area contributed by atoms with Crippen LogP contribution in [-0.4, -0.2) is 0 Å². The lowest BCUT2D eigenvalue weighted by Crippen LogP contribution is -2.38. The second-order valence-electron chi connectivity index (χ2n) is 6.92. The van der Waals surface area contributed by atoms with Crippen molar-refractivity contribution in [3.63, 3.8) is 0 Å². The van der Waals surface area contributed by atoms with Crippen molar-refractivity contribution in [2.75, 3.05) is 0 Å². The van der Waals surface area contributed by atoms with Crippen molar-refractivity contribution >= 4 is 23.1 Å². The average molecular weight is 362 g/mol. The molecule has 0 spiro atoms. The molecule has 28 heavy (non-hydrogen) atoms. The van der Waals surface area contributed by atoms with Gasteiger partial charge in [0, 0.05) is 5.56 Å². The van der Waals surface area contributed by atoms with Gasteiger partial charge >= 0.3 is 0 Å². The Morgan fingerprint density at radius 1 is 0.536 bits per heavy atom. The Hall–Kier alpha value is -3.42. The first kappa shape index (κ1) is 18.0. The standard InChI is InChI=1S/C27H24N/c1-2-23-18-20-24(21-19-23)22-28(25-12-6-3-7-13-25,26-14-8-4-9-15-26)27-16-10-5-11-17-27/h2-21H,1,22H2/q+1. The molecule has 0 radical (unpaired) electrons. The van der Waals surface area contributed by atoms with Gasteiger partial charge in [0.15, 0.2) is 0 Å². The molecule has 0 aromatic heterocycles. The minimum absolute atomic E-state index is 0.635. The number of quaternary nitrogens is 1. The lowest BCUT2D eigenvalue weighted by Gasteiger charge is -2.37. The quantitative estimate of drug-likeness (QED) is 0.311. The third-order valence-electron chi connectivity index (χ3n) is 5.23. The van der Waals surface area contributed by atoms with Gasteiger partial charge in [-0.15, -0.1) is 0 Å². The van der Waals surface area contributed by atoms with Crippen LogP contribution in [0.1, 0.15) is 11.1 Å². The third-order valence-corrected chi connectivity index (χ3v) is 5.23. The zero-order valence-corrected chi connectivity index (χ0v) is 15.9. The summed E-state index contributed by atoms with van der Waals surface area (Å²) in [5.74, 6) is 0. The molecule has 0 amide bonds. The Labute approximate surface area is 167 Å². The van der Waals surface area contributed by atoms with Crippen LogP contribution in [0.3, 0.4) is 0 Å². The predicted molar refractivity (Wildman–Crippen MR) is 121 cm³/mol. The van der Waals surface area contributed by atoms with Gasteiger partial charge in [0.2, 0.25) is 0 Å². The van der Waals surface area contributed by atoms with Gasteiger partial charge in [0.05, 0.1) is 0 Å². The highest BCUT2D eigenvalue weighted by Gasteiger charge is 2.36. The van der Waals surface area contributed by atoms with Crippen molar-refractivity contribution in [1.82, 2.24) is 4.48 Å². The van der Waals surface area contributed by atoms with Gasteiger partial charge in [0.1, 0.15) is 23.6 Å². The molecule has 0 aliphatic carbocycles. The Bertz CT molecular complexity index is 923. The van der Waals surface area contributed by atoms with E-state index in [2.05, 4.69) is 122 Å². The molecule has 0 saturated heterocycles. The van der Waals surface area contributed by atoms with Crippen LogP contribution in [0.4, 0.5) is 17.1 Å². The SMILES string of the molecule is C=Cc1ccc(C[N+](c2ccccc2)(c2ccccc2)c2ccccc2)cc1. The summed E-state index contributed by atoms with van der Waals surface area (Å²) in [7, 11) is 0. The van der Waals surface area contributed by atoms with Gasteiger partial charge in [-0.2, -0.15) is 0 Å². The Morgan fingerprint density at radius 2 is 0.929 bits per heavy atom. The van der Waals surface area contributed by atoms with Crippen LogP contribution in [0.2, 0.25) is 0 Å². The number of hydrogen-bond donors (Lipinski definition) is 0. The molecular weight excluding hydrogens is 338 g/mol. The van der Waals surface area contributed by atoms with Crippen LogP contribution in [0, 0.1) is 0 Å². The molecule has 1 heteroatoms. The third kappa shape index (κ3) is 3.40. The monoisotopic (exact) mass is 362 g/mol. The van der Waals surface area contributed by atoms with Crippen LogP contribution in [-0.2, 0) is 6.54 Å². The minimum atomic E-state index is 0.635. The average Bonchev–Trinajstić information content (AvgIpc) is 2.80. The number of hydrogen-bond acceptors (Lipinski definition) is 0. The fraction of sp³-hybridized carbons (Fsp3) is 0.0370. The van der Waals surface area contributed by atoms with E-state index < -0.39 is 0 Å². The van der Waals surface area contributed by atoms with Gasteiger partial charge in [-0.1, -0.05) is 91.5 Å². The van der Waals surface area contributed by atoms with Crippen LogP contribution < -0.4 is 4.48 Å². The molecule has 0 aliphatic rings. The molecule has 0 heterocycles. The van der Waals surface area contributed by atoms with E-state index in [-0.39, 0.29) is 0 Å². The normalized spacial score (nSPS) is 11.1. The number of benzene rings is 4. The predicted octanol–water partition coefficient (Wildman–Crippen LogP) is 7.50. The highest BCUT2D eigenvalue weighted by Crippen LogP contribution is 2.45. The van der Waals surface area contributed by atoms with E-state index in [1.54, 1.807) is 0 Å². The summed E-state index contributed by atoms with van der Waals surface area (Å²) in [5.41, 5.74) is 6.15. The zero-order valence-electron chi connectivity index (χ0n) is 15.9. The molecule has 0 fully saturated rings. The molecule has 0 aliphatic heterocycles. The number of nitrogens with zero attached hydrogens (tertiary/aromatic N) is 1. The molecule has 0 atom stereocenters. The Balaban J connectivity index is 1.96. The summed E-state index contributed by atoms with van der Waals surface area (Å²) in [6.45, 7) is 4.70. The fourth-order valence-electron chi connectivity index (χ4n) is 3.80. The van der Waals surface area contributed by atoms with E-state index in [0.717, 1.165) is 12.1 Å². The number of rotatable bonds is 6. The summed E-state index contributed by atoms with van der Waals surface area (Å²) in [4.78, 5) is 0. The minimum Gasteiger partial charge on any atom is -0.223 e. The highest BCUT2D eigenvalue weighted by atomic mass is 15.4. The molecule has 4 rings (SSSR count). The van der Waals surface area contributed by atoms with Crippen molar-refractivity contribution < 1.29 is 0 Å². The Kier molecular flexibility index (Phi) is 5.18. The van der Waals surface area contributed by atoms with E-state index in [4.69, 9.17) is 0 Å². The van der Waals surface area contributed by atoms with E-state index in [1.165, 1.54) is 22.6 Å². The van der Waals surface area contributed by atoms with E-state index >= 15 is 0 Å². The highest BCUT2D eigenvalue weighted by molar-refractivity contribution is 5.71. The second-order valence-corrected chi connectivity index (χ2v) is 6.92. The molecule has 4 aromatic carbocycles. The summed E-state index contributed by atoms with van der Waals surface area (Å²) in [6.07, 6.45) is 1.89. The van der Waals surface area contributed by atoms with E-state index in [9.17, 15) is 0 Å². The van der Waals surface area contributed by atoms with Crippen LogP contribution in [0.15, 0.2) is 122 Å². The van der Waals surface area contributed by atoms with E-state index in [1.807, 2.05) is 6.08 Å². The van der Waals surface area contributed by atoms with Crippen LogP contribution in [0.25, 0.3) is 6.08 Å². The lowest BCUT2D eigenvalue weighted by molar-refractivity contribution is 0.512. The molecule has 4 aromatic rings. The van der Waals surface area contributed by atoms with Gasteiger partial charge < -0.3 is 0 Å². The van der Waals surface area contributed by atoms with Crippen molar-refractivity contribution in [3.8, 4) is 0 Å². The topological polar surface area (TPSA) is 0 Å². The maximum absolute atomic E-state index is 3.87. The first-order valence-corrected chi connectivity index (χ1v) is 9.59. The maximum Gasteiger partial charge on any atom is 0.143 e. The Morgan fingerprint density at radius 3 is 1.29 bits per heavy atom. The largest absolute Gasteiger partial charge is 0.223 e. The summed E-state index contributed by atoms with van der Waals surface area (Å²) < 4.78 is 0.635. The van der Waals surface area contributed by atoms with Crippen LogP contribution in [0.5, 0.6) is 0 Å². The van der Waals surface area contributed by atoms with Gasteiger partial charge in [-0.3, -0.25) is 0 Å². The molecule has 0 bridgehead atoms. The van der Waals surface area contributed by atoms with Gasteiger partial charge in [0.25, 0.3) is 0 Å². The molecule has 0 N–H and O–H groups in total. The number of para-hydroxylation sites is 3. The smallest absolute Gasteiger partial charge is 0.143 e. The molecular formula is C27H24N+. The van der Waals surface area contributed by atoms with Crippen molar-refractivity contribution in [2.45, 2.75) is 6.54 Å². The second kappa shape index (κ2) is 8.08. The first-order chi connectivity index (χ1) is 13.8. The van der Waals surface area contributed by atoms with Gasteiger partial charge in [-0.25, -0.2) is 4.48 Å². The maximum atomic E-state index is 3.87. The summed E-state index contributed by atoms with van der Waals surface area (Å²) in [6, 6.07) is 41.0. The molecule has 136 valence electrons. The summed E-state index contributed by atoms with van der Waals surface area (Å²) in [5, 5.41) is 0. The molecule has 0 saturated carbocycles. The van der Waals surface area contributed by atoms with E-state index in [0.29, 0.717) is 4.48 Å². The lowest BCUT2D eigenvalue weighted by atomic mass is 10.0. The first-order valence-electron chi connectivity index (χ1n) is 9.59. The molecule has 0 unspecified atom stereocenters. The van der Waals surface area contributed by atoms with Gasteiger partial charge in [-0.05, 0) is 42.0 Å². The summed E-state index contributed by atoms with van der Waals surface area (Å²) >= 11 is 0. The van der Waals surface area contributed by atoms with Crippen LogP contribution >= 0.6 is 0 Å². The molecule has 1 nitrogen and oxygen atoms in total. The van der Waals surface area contributed by atoms with Crippen molar-refractivity contribution in [3.05, 3.63) is 133 Å². The van der Waals surface area contributed by atoms with Crippen molar-refractivity contribution in [2.24, 2.45) is 0 Å². The zero-order chi connectivity index (χ0) is 19.2. The van der Waals surface area contributed by atoms with Crippen molar-refractivity contribution in [1.29, 1.82) is 0 Å². The fourth-order valence-corrected chi connectivity index (χ4v) is 3.80.